The maximum Gasteiger partial charge on any atom is 0.124 e. The molecule has 1 unspecified atom stereocenters. The van der Waals surface area contributed by atoms with Crippen LogP contribution in [0.3, 0.4) is 0 Å². The maximum atomic E-state index is 13.1. The van der Waals surface area contributed by atoms with E-state index in [1.165, 1.54) is 56.7 Å². The molecule has 0 heterocycles. The molecule has 1 rings (SSSR count). The third-order valence-electron chi connectivity index (χ3n) is 3.40. The number of rotatable bonds is 10. The molecule has 114 valence electrons. The molecule has 2 nitrogen and oxygen atoms in total. The molecule has 0 aliphatic rings. The Morgan fingerprint density at radius 2 is 1.65 bits per heavy atom. The van der Waals surface area contributed by atoms with Gasteiger partial charge >= 0.3 is 0 Å². The zero-order chi connectivity index (χ0) is 14.8. The average Bonchev–Trinajstić information content (AvgIpc) is 2.44. The molecular formula is C16H26FNOS. The van der Waals surface area contributed by atoms with Gasteiger partial charge in [-0.15, -0.1) is 0 Å². The van der Waals surface area contributed by atoms with Crippen LogP contribution in [-0.4, -0.2) is 9.96 Å². The van der Waals surface area contributed by atoms with Crippen molar-refractivity contribution in [3.8, 4) is 0 Å². The van der Waals surface area contributed by atoms with E-state index in [4.69, 9.17) is 5.73 Å². The van der Waals surface area contributed by atoms with Gasteiger partial charge in [0.05, 0.1) is 15.7 Å². The lowest BCUT2D eigenvalue weighted by molar-refractivity contribution is 0.584. The highest BCUT2D eigenvalue weighted by atomic mass is 32.2. The van der Waals surface area contributed by atoms with Crippen LogP contribution in [0.5, 0.6) is 0 Å². The van der Waals surface area contributed by atoms with Gasteiger partial charge in [-0.1, -0.05) is 51.9 Å². The fourth-order valence-electron chi connectivity index (χ4n) is 2.18. The molecule has 20 heavy (non-hydrogen) atoms. The first-order chi connectivity index (χ1) is 9.65. The Labute approximate surface area is 124 Å². The summed E-state index contributed by atoms with van der Waals surface area (Å²) in [6, 6.07) is 4.07. The Hall–Kier alpha value is -0.900. The molecule has 2 N–H and O–H groups in total. The van der Waals surface area contributed by atoms with Crippen LogP contribution in [0, 0.1) is 5.82 Å². The Morgan fingerprint density at radius 1 is 1.05 bits per heavy atom. The van der Waals surface area contributed by atoms with Crippen molar-refractivity contribution in [1.82, 2.24) is 0 Å². The van der Waals surface area contributed by atoms with Crippen molar-refractivity contribution in [3.63, 3.8) is 0 Å². The SMILES string of the molecule is CCCCCCCCCCS(=O)c1cc(F)ccc1N. The van der Waals surface area contributed by atoms with Gasteiger partial charge in [-0.05, 0) is 24.6 Å². The third-order valence-corrected chi connectivity index (χ3v) is 4.91. The second kappa shape index (κ2) is 9.92. The van der Waals surface area contributed by atoms with E-state index in [1.807, 2.05) is 0 Å². The molecular weight excluding hydrogens is 273 g/mol. The Morgan fingerprint density at radius 3 is 2.30 bits per heavy atom. The van der Waals surface area contributed by atoms with E-state index in [1.54, 1.807) is 0 Å². The fraction of sp³-hybridized carbons (Fsp3) is 0.625. The minimum absolute atomic E-state index is 0.376. The number of nitrogens with two attached hydrogens (primary N) is 1. The summed E-state index contributed by atoms with van der Waals surface area (Å²) >= 11 is 0. The van der Waals surface area contributed by atoms with Crippen molar-refractivity contribution >= 4 is 16.5 Å². The quantitative estimate of drug-likeness (QED) is 0.504. The van der Waals surface area contributed by atoms with Gasteiger partial charge < -0.3 is 5.73 Å². The lowest BCUT2D eigenvalue weighted by Crippen LogP contribution is -2.03. The van der Waals surface area contributed by atoms with Crippen molar-refractivity contribution in [2.75, 3.05) is 11.5 Å². The number of hydrogen-bond acceptors (Lipinski definition) is 2. The van der Waals surface area contributed by atoms with Crippen LogP contribution in [0.2, 0.25) is 0 Å². The first kappa shape index (κ1) is 17.2. The molecule has 0 aromatic heterocycles. The van der Waals surface area contributed by atoms with Crippen molar-refractivity contribution in [3.05, 3.63) is 24.0 Å². The number of unbranched alkanes of at least 4 members (excludes halogenated alkanes) is 7. The lowest BCUT2D eigenvalue weighted by atomic mass is 10.1. The Balaban J connectivity index is 2.18. The van der Waals surface area contributed by atoms with Crippen LogP contribution in [0.4, 0.5) is 10.1 Å². The van der Waals surface area contributed by atoms with Gasteiger partial charge in [-0.25, -0.2) is 4.39 Å². The molecule has 0 radical (unpaired) electrons. The molecule has 0 aliphatic carbocycles. The van der Waals surface area contributed by atoms with Gasteiger partial charge in [0, 0.05) is 11.4 Å². The second-order valence-corrected chi connectivity index (χ2v) is 6.75. The van der Waals surface area contributed by atoms with E-state index in [2.05, 4.69) is 6.92 Å². The summed E-state index contributed by atoms with van der Waals surface area (Å²) < 4.78 is 25.2. The second-order valence-electron chi connectivity index (χ2n) is 5.21. The molecule has 0 saturated carbocycles. The van der Waals surface area contributed by atoms with Crippen molar-refractivity contribution in [2.45, 2.75) is 63.2 Å². The highest BCUT2D eigenvalue weighted by Crippen LogP contribution is 2.19. The molecule has 0 aliphatic heterocycles. The summed E-state index contributed by atoms with van der Waals surface area (Å²) in [5.74, 6) is 0.196. The zero-order valence-corrected chi connectivity index (χ0v) is 13.2. The molecule has 0 fully saturated rings. The maximum absolute atomic E-state index is 13.1. The monoisotopic (exact) mass is 299 g/mol. The largest absolute Gasteiger partial charge is 0.398 e. The Kier molecular flexibility index (Phi) is 8.51. The summed E-state index contributed by atoms with van der Waals surface area (Å²) in [6.07, 6.45) is 9.67. The van der Waals surface area contributed by atoms with Crippen molar-refractivity contribution in [2.24, 2.45) is 0 Å². The first-order valence-corrected chi connectivity index (χ1v) is 8.90. The van der Waals surface area contributed by atoms with Crippen LogP contribution in [0.15, 0.2) is 23.1 Å². The fourth-order valence-corrected chi connectivity index (χ4v) is 3.44. The minimum atomic E-state index is -1.18. The first-order valence-electron chi connectivity index (χ1n) is 7.58. The molecule has 1 aromatic carbocycles. The average molecular weight is 299 g/mol. The van der Waals surface area contributed by atoms with Crippen LogP contribution in [0.1, 0.15) is 58.3 Å². The zero-order valence-electron chi connectivity index (χ0n) is 12.4. The van der Waals surface area contributed by atoms with E-state index in [-0.39, 0.29) is 5.82 Å². The summed E-state index contributed by atoms with van der Waals surface area (Å²) in [6.45, 7) is 2.22. The molecule has 0 spiro atoms. The van der Waals surface area contributed by atoms with E-state index in [9.17, 15) is 8.60 Å². The van der Waals surface area contributed by atoms with Crippen molar-refractivity contribution in [1.29, 1.82) is 0 Å². The van der Waals surface area contributed by atoms with Crippen LogP contribution >= 0.6 is 0 Å². The van der Waals surface area contributed by atoms with Gasteiger partial charge in [0.2, 0.25) is 0 Å². The summed E-state index contributed by atoms with van der Waals surface area (Å²) in [5, 5.41) is 0. The van der Waals surface area contributed by atoms with Gasteiger partial charge in [0.25, 0.3) is 0 Å². The highest BCUT2D eigenvalue weighted by molar-refractivity contribution is 7.85. The van der Waals surface area contributed by atoms with E-state index >= 15 is 0 Å². The van der Waals surface area contributed by atoms with Gasteiger partial charge in [-0.2, -0.15) is 0 Å². The van der Waals surface area contributed by atoms with Crippen molar-refractivity contribution < 1.29 is 8.60 Å². The predicted molar refractivity (Wildman–Crippen MR) is 84.7 cm³/mol. The van der Waals surface area contributed by atoms with Crippen LogP contribution in [0.25, 0.3) is 0 Å². The topological polar surface area (TPSA) is 43.1 Å². The predicted octanol–water partition coefficient (Wildman–Crippen LogP) is 4.66. The molecule has 1 aromatic rings. The molecule has 1 atom stereocenters. The normalized spacial score (nSPS) is 12.5. The number of hydrogen-bond donors (Lipinski definition) is 1. The summed E-state index contributed by atoms with van der Waals surface area (Å²) in [5.41, 5.74) is 6.15. The van der Waals surface area contributed by atoms with Crippen LogP contribution in [-0.2, 0) is 10.8 Å². The molecule has 0 saturated heterocycles. The summed E-state index contributed by atoms with van der Waals surface area (Å²) in [4.78, 5) is 0.438. The number of halogens is 1. The van der Waals surface area contributed by atoms with Crippen LogP contribution < -0.4 is 5.73 Å². The number of benzene rings is 1. The van der Waals surface area contributed by atoms with Gasteiger partial charge in [-0.3, -0.25) is 4.21 Å². The molecule has 4 heteroatoms. The third kappa shape index (κ3) is 6.51. The van der Waals surface area contributed by atoms with E-state index in [0.29, 0.717) is 16.3 Å². The molecule has 0 bridgehead atoms. The highest BCUT2D eigenvalue weighted by Gasteiger charge is 2.08. The number of nitrogen functional groups attached to an aromatic ring is 1. The Bertz CT molecular complexity index is 423. The summed E-state index contributed by atoms with van der Waals surface area (Å²) in [7, 11) is -1.18. The standard InChI is InChI=1S/C16H26FNOS/c1-2-3-4-5-6-7-8-9-12-20(19)16-13-14(17)10-11-15(16)18/h10-11,13H,2-9,12,18H2,1H3. The number of anilines is 1. The van der Waals surface area contributed by atoms with Gasteiger partial charge in [0.1, 0.15) is 5.82 Å². The van der Waals surface area contributed by atoms with E-state index < -0.39 is 10.8 Å². The smallest absolute Gasteiger partial charge is 0.124 e. The van der Waals surface area contributed by atoms with Gasteiger partial charge in [0.15, 0.2) is 0 Å². The van der Waals surface area contributed by atoms with E-state index in [0.717, 1.165) is 12.8 Å². The lowest BCUT2D eigenvalue weighted by Gasteiger charge is -2.06. The molecule has 0 amide bonds. The minimum Gasteiger partial charge on any atom is -0.398 e.